The van der Waals surface area contributed by atoms with Gasteiger partial charge in [-0.05, 0) is 42.5 Å². The first-order valence-electron chi connectivity index (χ1n) is 7.65. The molecule has 0 saturated carbocycles. The van der Waals surface area contributed by atoms with Crippen molar-refractivity contribution >= 4 is 5.91 Å². The van der Waals surface area contributed by atoms with Gasteiger partial charge in [0.25, 0.3) is 0 Å². The van der Waals surface area contributed by atoms with E-state index < -0.39 is 0 Å². The number of fused-ring (bicyclic) bond motifs is 1. The van der Waals surface area contributed by atoms with Crippen molar-refractivity contribution in [3.8, 4) is 5.75 Å². The fraction of sp³-hybridized carbons (Fsp3) is 0.333. The summed E-state index contributed by atoms with van der Waals surface area (Å²) in [4.78, 5) is 16.4. The molecule has 0 bridgehead atoms. The summed E-state index contributed by atoms with van der Waals surface area (Å²) < 4.78 is 5.65. The molecule has 4 heteroatoms. The second-order valence-corrected chi connectivity index (χ2v) is 5.65. The number of hydrogen-bond acceptors (Lipinski definition) is 3. The van der Waals surface area contributed by atoms with Crippen LogP contribution in [0.2, 0.25) is 0 Å². The Labute approximate surface area is 130 Å². The number of aromatic nitrogens is 1. The standard InChI is InChI=1S/C18H20N2O2/c1-13(15-5-4-9-19-12-15)20-18(21)11-14-8-10-22-17-7-3-2-6-16(14)17/h2-7,9,12-14H,8,10-11H2,1H3,(H,20,21)/t13-,14-/m1/s1. The van der Waals surface area contributed by atoms with E-state index in [9.17, 15) is 4.79 Å². The van der Waals surface area contributed by atoms with Gasteiger partial charge < -0.3 is 10.1 Å². The Bertz CT molecular complexity index is 643. The molecule has 1 N–H and O–H groups in total. The smallest absolute Gasteiger partial charge is 0.221 e. The van der Waals surface area contributed by atoms with Gasteiger partial charge in [0.2, 0.25) is 5.91 Å². The number of amides is 1. The van der Waals surface area contributed by atoms with Crippen molar-refractivity contribution in [3.05, 3.63) is 59.9 Å². The van der Waals surface area contributed by atoms with E-state index in [-0.39, 0.29) is 17.9 Å². The first-order chi connectivity index (χ1) is 10.7. The zero-order valence-corrected chi connectivity index (χ0v) is 12.7. The Kier molecular flexibility index (Phi) is 4.37. The summed E-state index contributed by atoms with van der Waals surface area (Å²) in [5.41, 5.74) is 2.15. The van der Waals surface area contributed by atoms with E-state index in [0.29, 0.717) is 13.0 Å². The van der Waals surface area contributed by atoms with Gasteiger partial charge in [0.1, 0.15) is 5.75 Å². The second-order valence-electron chi connectivity index (χ2n) is 5.65. The Morgan fingerprint density at radius 2 is 2.23 bits per heavy atom. The van der Waals surface area contributed by atoms with E-state index in [0.717, 1.165) is 23.3 Å². The van der Waals surface area contributed by atoms with Crippen LogP contribution in [0.1, 0.15) is 42.9 Å². The number of benzene rings is 1. The van der Waals surface area contributed by atoms with Crippen LogP contribution in [-0.4, -0.2) is 17.5 Å². The van der Waals surface area contributed by atoms with Gasteiger partial charge in [-0.3, -0.25) is 9.78 Å². The van der Waals surface area contributed by atoms with Crippen LogP contribution in [-0.2, 0) is 4.79 Å². The van der Waals surface area contributed by atoms with Crippen LogP contribution in [0, 0.1) is 0 Å². The lowest BCUT2D eigenvalue weighted by molar-refractivity contribution is -0.122. The SMILES string of the molecule is C[C@@H](NC(=O)C[C@H]1CCOc2ccccc21)c1cccnc1. The summed E-state index contributed by atoms with van der Waals surface area (Å²) in [7, 11) is 0. The number of para-hydroxylation sites is 1. The molecule has 2 aromatic rings. The van der Waals surface area contributed by atoms with Crippen LogP contribution < -0.4 is 10.1 Å². The zero-order valence-electron chi connectivity index (χ0n) is 12.7. The van der Waals surface area contributed by atoms with Crippen LogP contribution >= 0.6 is 0 Å². The van der Waals surface area contributed by atoms with E-state index in [4.69, 9.17) is 4.74 Å². The highest BCUT2D eigenvalue weighted by Crippen LogP contribution is 2.35. The number of pyridine rings is 1. The minimum Gasteiger partial charge on any atom is -0.493 e. The predicted molar refractivity (Wildman–Crippen MR) is 84.7 cm³/mol. The summed E-state index contributed by atoms with van der Waals surface area (Å²) in [6.07, 6.45) is 4.89. The number of nitrogens with one attached hydrogen (secondary N) is 1. The van der Waals surface area contributed by atoms with Crippen molar-refractivity contribution in [2.75, 3.05) is 6.61 Å². The predicted octanol–water partition coefficient (Wildman–Crippen LogP) is 3.22. The Balaban J connectivity index is 1.63. The lowest BCUT2D eigenvalue weighted by atomic mass is 9.90. The average molecular weight is 296 g/mol. The highest BCUT2D eigenvalue weighted by atomic mass is 16.5. The minimum atomic E-state index is -0.0312. The van der Waals surface area contributed by atoms with Gasteiger partial charge in [-0.1, -0.05) is 24.3 Å². The normalized spacial score (nSPS) is 18.0. The van der Waals surface area contributed by atoms with E-state index in [1.54, 1.807) is 12.4 Å². The third-order valence-electron chi connectivity index (χ3n) is 4.08. The van der Waals surface area contributed by atoms with E-state index in [1.165, 1.54) is 0 Å². The van der Waals surface area contributed by atoms with Gasteiger partial charge in [0.05, 0.1) is 12.6 Å². The Morgan fingerprint density at radius 1 is 1.36 bits per heavy atom. The molecule has 4 nitrogen and oxygen atoms in total. The minimum absolute atomic E-state index is 0.0312. The number of carbonyl (C=O) groups excluding carboxylic acids is 1. The van der Waals surface area contributed by atoms with E-state index in [1.807, 2.05) is 37.3 Å². The van der Waals surface area contributed by atoms with Gasteiger partial charge in [-0.15, -0.1) is 0 Å². The molecule has 1 aromatic carbocycles. The number of carbonyl (C=O) groups is 1. The summed E-state index contributed by atoms with van der Waals surface area (Å²) >= 11 is 0. The summed E-state index contributed by atoms with van der Waals surface area (Å²) in [6, 6.07) is 11.8. The van der Waals surface area contributed by atoms with E-state index >= 15 is 0 Å². The molecule has 0 aliphatic carbocycles. The van der Waals surface area contributed by atoms with Crippen LogP contribution in [0.25, 0.3) is 0 Å². The molecule has 2 atom stereocenters. The lowest BCUT2D eigenvalue weighted by Gasteiger charge is -2.26. The maximum absolute atomic E-state index is 12.3. The van der Waals surface area contributed by atoms with Gasteiger partial charge >= 0.3 is 0 Å². The fourth-order valence-corrected chi connectivity index (χ4v) is 2.87. The van der Waals surface area contributed by atoms with Crippen molar-refractivity contribution in [1.29, 1.82) is 0 Å². The molecule has 2 heterocycles. The maximum Gasteiger partial charge on any atom is 0.221 e. The molecule has 1 aromatic heterocycles. The van der Waals surface area contributed by atoms with Crippen LogP contribution in [0.15, 0.2) is 48.8 Å². The van der Waals surface area contributed by atoms with Gasteiger partial charge in [-0.2, -0.15) is 0 Å². The van der Waals surface area contributed by atoms with Crippen molar-refractivity contribution in [1.82, 2.24) is 10.3 Å². The highest BCUT2D eigenvalue weighted by molar-refractivity contribution is 5.77. The Hall–Kier alpha value is -2.36. The third kappa shape index (κ3) is 3.27. The summed E-state index contributed by atoms with van der Waals surface area (Å²) in [6.45, 7) is 2.65. The molecule has 0 spiro atoms. The largest absolute Gasteiger partial charge is 0.493 e. The van der Waals surface area contributed by atoms with Gasteiger partial charge in [0, 0.05) is 18.8 Å². The topological polar surface area (TPSA) is 51.2 Å². The lowest BCUT2D eigenvalue weighted by Crippen LogP contribution is -2.29. The molecule has 0 saturated heterocycles. The van der Waals surface area contributed by atoms with Gasteiger partial charge in [0.15, 0.2) is 0 Å². The molecular weight excluding hydrogens is 276 g/mol. The molecule has 0 radical (unpaired) electrons. The third-order valence-corrected chi connectivity index (χ3v) is 4.08. The van der Waals surface area contributed by atoms with Crippen molar-refractivity contribution in [2.24, 2.45) is 0 Å². The van der Waals surface area contributed by atoms with E-state index in [2.05, 4.69) is 16.4 Å². The summed E-state index contributed by atoms with van der Waals surface area (Å²) in [5.74, 6) is 1.20. The van der Waals surface area contributed by atoms with Crippen LogP contribution in [0.4, 0.5) is 0 Å². The average Bonchev–Trinajstić information content (AvgIpc) is 2.56. The fourth-order valence-electron chi connectivity index (χ4n) is 2.87. The van der Waals surface area contributed by atoms with Crippen LogP contribution in [0.5, 0.6) is 5.75 Å². The molecule has 1 aliphatic rings. The maximum atomic E-state index is 12.3. The van der Waals surface area contributed by atoms with Crippen molar-refractivity contribution in [3.63, 3.8) is 0 Å². The number of rotatable bonds is 4. The number of nitrogens with zero attached hydrogens (tertiary/aromatic N) is 1. The molecule has 3 rings (SSSR count). The molecule has 0 unspecified atom stereocenters. The van der Waals surface area contributed by atoms with Crippen LogP contribution in [0.3, 0.4) is 0 Å². The molecule has 114 valence electrons. The molecular formula is C18H20N2O2. The molecule has 0 fully saturated rings. The Morgan fingerprint density at radius 3 is 3.05 bits per heavy atom. The monoisotopic (exact) mass is 296 g/mol. The zero-order chi connectivity index (χ0) is 15.4. The molecule has 22 heavy (non-hydrogen) atoms. The van der Waals surface area contributed by atoms with Crippen molar-refractivity contribution in [2.45, 2.75) is 31.7 Å². The molecule has 1 aliphatic heterocycles. The molecule has 1 amide bonds. The first kappa shape index (κ1) is 14.6. The summed E-state index contributed by atoms with van der Waals surface area (Å²) in [5, 5.41) is 3.05. The number of hydrogen-bond donors (Lipinski definition) is 1. The quantitative estimate of drug-likeness (QED) is 0.942. The van der Waals surface area contributed by atoms with Gasteiger partial charge in [-0.25, -0.2) is 0 Å². The highest BCUT2D eigenvalue weighted by Gasteiger charge is 2.24. The second kappa shape index (κ2) is 6.60. The number of ether oxygens (including phenoxy) is 1. The first-order valence-corrected chi connectivity index (χ1v) is 7.65. The van der Waals surface area contributed by atoms with Crippen molar-refractivity contribution < 1.29 is 9.53 Å².